The molecule has 0 heterocycles. The average Bonchev–Trinajstić information content (AvgIpc) is 2.16. The van der Waals surface area contributed by atoms with Crippen LogP contribution in [0, 0.1) is 0 Å². The Morgan fingerprint density at radius 3 is 2.62 bits per heavy atom. The quantitative estimate of drug-likeness (QED) is 0.601. The zero-order valence-electron chi connectivity index (χ0n) is 8.16. The first-order valence-electron chi connectivity index (χ1n) is 4.66. The van der Waals surface area contributed by atoms with Gasteiger partial charge in [0.15, 0.2) is 0 Å². The van der Waals surface area contributed by atoms with Crippen LogP contribution in [0.2, 0.25) is 0 Å². The van der Waals surface area contributed by atoms with E-state index in [2.05, 4.69) is 43.8 Å². The van der Waals surface area contributed by atoms with Crippen molar-refractivity contribution in [2.24, 2.45) is 0 Å². The molecule has 1 aromatic rings. The van der Waals surface area contributed by atoms with E-state index in [0.717, 1.165) is 12.8 Å². The maximum Gasteiger partial charge on any atom is -0.0257 e. The smallest absolute Gasteiger partial charge is 0.0257 e. The molecular formula is C13H16. The van der Waals surface area contributed by atoms with E-state index in [1.807, 2.05) is 12.1 Å². The Labute approximate surface area is 80.6 Å². The van der Waals surface area contributed by atoms with Crippen molar-refractivity contribution in [2.75, 3.05) is 0 Å². The van der Waals surface area contributed by atoms with Gasteiger partial charge in [0.2, 0.25) is 0 Å². The van der Waals surface area contributed by atoms with E-state index in [9.17, 15) is 0 Å². The zero-order valence-corrected chi connectivity index (χ0v) is 8.16. The normalized spacial score (nSPS) is 11.3. The van der Waals surface area contributed by atoms with Crippen LogP contribution in [-0.4, -0.2) is 0 Å². The lowest BCUT2D eigenvalue weighted by Crippen LogP contribution is -1.76. The van der Waals surface area contributed by atoms with E-state index >= 15 is 0 Å². The summed E-state index contributed by atoms with van der Waals surface area (Å²) in [6.07, 6.45) is 6.36. The second-order valence-electron chi connectivity index (χ2n) is 3.23. The molecule has 0 spiro atoms. The van der Waals surface area contributed by atoms with Gasteiger partial charge in [0, 0.05) is 0 Å². The van der Waals surface area contributed by atoms with Crippen LogP contribution in [0.15, 0.2) is 48.6 Å². The van der Waals surface area contributed by atoms with Gasteiger partial charge in [-0.25, -0.2) is 0 Å². The van der Waals surface area contributed by atoms with Crippen molar-refractivity contribution in [1.29, 1.82) is 0 Å². The van der Waals surface area contributed by atoms with Crippen LogP contribution in [-0.2, 0) is 0 Å². The Kier molecular flexibility index (Phi) is 4.04. The van der Waals surface area contributed by atoms with Gasteiger partial charge in [0.05, 0.1) is 0 Å². The summed E-state index contributed by atoms with van der Waals surface area (Å²) in [6, 6.07) is 10.4. The van der Waals surface area contributed by atoms with Crippen molar-refractivity contribution in [2.45, 2.75) is 19.8 Å². The first-order chi connectivity index (χ1) is 6.33. The maximum atomic E-state index is 3.71. The molecule has 0 saturated heterocycles. The van der Waals surface area contributed by atoms with E-state index in [-0.39, 0.29) is 0 Å². The van der Waals surface area contributed by atoms with Gasteiger partial charge in [-0.1, -0.05) is 48.1 Å². The average molecular weight is 172 g/mol. The molecule has 0 radical (unpaired) electrons. The van der Waals surface area contributed by atoms with E-state index < -0.39 is 0 Å². The Bertz CT molecular complexity index is 280. The molecule has 0 aliphatic carbocycles. The SMILES string of the molecule is C=CCCC(C)=Cc1ccccc1. The molecule has 0 aliphatic heterocycles. The van der Waals surface area contributed by atoms with Crippen LogP contribution < -0.4 is 0 Å². The van der Waals surface area contributed by atoms with E-state index in [0.29, 0.717) is 0 Å². The molecule has 1 aromatic carbocycles. The van der Waals surface area contributed by atoms with Crippen LogP contribution in [0.5, 0.6) is 0 Å². The van der Waals surface area contributed by atoms with Crippen LogP contribution in [0.25, 0.3) is 6.08 Å². The van der Waals surface area contributed by atoms with Gasteiger partial charge >= 0.3 is 0 Å². The van der Waals surface area contributed by atoms with Crippen LogP contribution in [0.4, 0.5) is 0 Å². The molecule has 0 heteroatoms. The Morgan fingerprint density at radius 2 is 2.00 bits per heavy atom. The van der Waals surface area contributed by atoms with Gasteiger partial charge in [-0.2, -0.15) is 0 Å². The van der Waals surface area contributed by atoms with Crippen molar-refractivity contribution in [1.82, 2.24) is 0 Å². The molecule has 1 rings (SSSR count). The third kappa shape index (κ3) is 3.75. The highest BCUT2D eigenvalue weighted by atomic mass is 13.9. The van der Waals surface area contributed by atoms with Crippen LogP contribution in [0.3, 0.4) is 0 Å². The highest BCUT2D eigenvalue weighted by Crippen LogP contribution is 2.10. The summed E-state index contributed by atoms with van der Waals surface area (Å²) in [4.78, 5) is 0. The minimum atomic E-state index is 1.06. The fourth-order valence-corrected chi connectivity index (χ4v) is 1.24. The summed E-state index contributed by atoms with van der Waals surface area (Å²) < 4.78 is 0. The summed E-state index contributed by atoms with van der Waals surface area (Å²) in [5.74, 6) is 0. The fourth-order valence-electron chi connectivity index (χ4n) is 1.24. The number of hydrogen-bond donors (Lipinski definition) is 0. The first-order valence-corrected chi connectivity index (χ1v) is 4.66. The third-order valence-corrected chi connectivity index (χ3v) is 1.96. The standard InChI is InChI=1S/C13H16/c1-3-4-8-12(2)11-13-9-6-5-7-10-13/h3,5-7,9-11H,1,4,8H2,2H3. The van der Waals surface area contributed by atoms with Crippen molar-refractivity contribution in [3.63, 3.8) is 0 Å². The minimum absolute atomic E-state index is 1.06. The lowest BCUT2D eigenvalue weighted by atomic mass is 10.1. The lowest BCUT2D eigenvalue weighted by molar-refractivity contribution is 0.989. The second-order valence-corrected chi connectivity index (χ2v) is 3.23. The Morgan fingerprint density at radius 1 is 1.31 bits per heavy atom. The van der Waals surface area contributed by atoms with Crippen molar-refractivity contribution in [3.8, 4) is 0 Å². The molecule has 0 aliphatic rings. The van der Waals surface area contributed by atoms with E-state index in [4.69, 9.17) is 0 Å². The van der Waals surface area contributed by atoms with E-state index in [1.54, 1.807) is 0 Å². The van der Waals surface area contributed by atoms with Gasteiger partial charge in [-0.3, -0.25) is 0 Å². The van der Waals surface area contributed by atoms with Crippen LogP contribution in [0.1, 0.15) is 25.3 Å². The van der Waals surface area contributed by atoms with Crippen LogP contribution >= 0.6 is 0 Å². The second kappa shape index (κ2) is 5.36. The van der Waals surface area contributed by atoms with Gasteiger partial charge in [0.1, 0.15) is 0 Å². The predicted molar refractivity (Wildman–Crippen MR) is 59.5 cm³/mol. The summed E-state index contributed by atoms with van der Waals surface area (Å²) >= 11 is 0. The van der Waals surface area contributed by atoms with Gasteiger partial charge in [0.25, 0.3) is 0 Å². The molecule has 0 nitrogen and oxygen atoms in total. The molecule has 0 fully saturated rings. The molecule has 0 bridgehead atoms. The topological polar surface area (TPSA) is 0 Å². The molecule has 0 unspecified atom stereocenters. The number of hydrogen-bond acceptors (Lipinski definition) is 0. The summed E-state index contributed by atoms with van der Waals surface area (Å²) in [7, 11) is 0. The Balaban J connectivity index is 2.60. The Hall–Kier alpha value is -1.30. The minimum Gasteiger partial charge on any atom is -0.103 e. The van der Waals surface area contributed by atoms with Gasteiger partial charge in [-0.15, -0.1) is 6.58 Å². The molecule has 68 valence electrons. The molecule has 13 heavy (non-hydrogen) atoms. The molecule has 0 aromatic heterocycles. The molecule has 0 amide bonds. The third-order valence-electron chi connectivity index (χ3n) is 1.96. The van der Waals surface area contributed by atoms with Crippen molar-refractivity contribution >= 4 is 6.08 Å². The van der Waals surface area contributed by atoms with Gasteiger partial charge in [-0.05, 0) is 25.3 Å². The maximum absolute atomic E-state index is 3.71. The zero-order chi connectivity index (χ0) is 9.52. The first kappa shape index (κ1) is 9.79. The summed E-state index contributed by atoms with van der Waals surface area (Å²) in [6.45, 7) is 5.88. The van der Waals surface area contributed by atoms with Crippen molar-refractivity contribution < 1.29 is 0 Å². The largest absolute Gasteiger partial charge is 0.103 e. The molecular weight excluding hydrogens is 156 g/mol. The highest BCUT2D eigenvalue weighted by Gasteiger charge is 1.89. The number of allylic oxidation sites excluding steroid dienone is 2. The fraction of sp³-hybridized carbons (Fsp3) is 0.231. The molecule has 0 saturated carbocycles. The van der Waals surface area contributed by atoms with E-state index in [1.165, 1.54) is 11.1 Å². The lowest BCUT2D eigenvalue weighted by Gasteiger charge is -1.98. The highest BCUT2D eigenvalue weighted by molar-refractivity contribution is 5.51. The van der Waals surface area contributed by atoms with Gasteiger partial charge < -0.3 is 0 Å². The molecule has 0 N–H and O–H groups in total. The monoisotopic (exact) mass is 172 g/mol. The summed E-state index contributed by atoms with van der Waals surface area (Å²) in [5.41, 5.74) is 2.69. The number of benzene rings is 1. The molecule has 0 atom stereocenters. The van der Waals surface area contributed by atoms with Crippen molar-refractivity contribution in [3.05, 3.63) is 54.1 Å². The predicted octanol–water partition coefficient (Wildman–Crippen LogP) is 4.06. The summed E-state index contributed by atoms with van der Waals surface area (Å²) in [5, 5.41) is 0. The number of rotatable bonds is 4.